The van der Waals surface area contributed by atoms with Gasteiger partial charge in [0, 0.05) is 31.4 Å². The number of ether oxygens (including phenoxy) is 1. The van der Waals surface area contributed by atoms with Crippen molar-refractivity contribution in [1.29, 1.82) is 0 Å². The average molecular weight is 461 g/mol. The van der Waals surface area contributed by atoms with Gasteiger partial charge in [-0.3, -0.25) is 4.79 Å². The molecule has 0 radical (unpaired) electrons. The minimum atomic E-state index is -1.35. The summed E-state index contributed by atoms with van der Waals surface area (Å²) in [6.07, 6.45) is 6.47. The fraction of sp³-hybridized carbons (Fsp3) is 0.583. The zero-order valence-electron chi connectivity index (χ0n) is 19.5. The zero-order chi connectivity index (χ0) is 23.9. The summed E-state index contributed by atoms with van der Waals surface area (Å²) in [5.74, 6) is -1.41. The minimum absolute atomic E-state index is 0.0423. The lowest BCUT2D eigenvalue weighted by Crippen LogP contribution is -2.40. The number of hydrogen-bond acceptors (Lipinski definition) is 6. The van der Waals surface area contributed by atoms with E-state index in [1.807, 2.05) is 4.90 Å². The number of carbonyl (C=O) groups is 1. The number of anilines is 2. The Bertz CT molecular complexity index is 1110. The predicted molar refractivity (Wildman–Crippen MR) is 127 cm³/mol. The van der Waals surface area contributed by atoms with Crippen molar-refractivity contribution in [3.63, 3.8) is 0 Å². The molecule has 1 aromatic carbocycles. The molecule has 2 aliphatic heterocycles. The fourth-order valence-corrected chi connectivity index (χ4v) is 5.06. The van der Waals surface area contributed by atoms with Gasteiger partial charge in [0.15, 0.2) is 11.6 Å². The molecule has 3 heterocycles. The number of rotatable bonds is 4. The van der Waals surface area contributed by atoms with Crippen LogP contribution < -0.4 is 26.1 Å². The smallest absolute Gasteiger partial charge is 0.341 e. The SMILES string of the molecule is CCC.COc1c(N2CC3CCCNC3C2)c(F)c(N)c2c(=O)c(C(=O)O)cn(C3CC3)c12. The first-order valence-corrected chi connectivity index (χ1v) is 11.8. The Morgan fingerprint density at radius 2 is 2.00 bits per heavy atom. The van der Waals surface area contributed by atoms with E-state index in [-0.39, 0.29) is 34.6 Å². The van der Waals surface area contributed by atoms with Crippen LogP contribution in [0.25, 0.3) is 10.9 Å². The van der Waals surface area contributed by atoms with Crippen LogP contribution in [0.5, 0.6) is 5.75 Å². The van der Waals surface area contributed by atoms with E-state index in [9.17, 15) is 14.7 Å². The number of benzene rings is 1. The van der Waals surface area contributed by atoms with Crippen LogP contribution in [0.1, 0.15) is 62.4 Å². The van der Waals surface area contributed by atoms with Gasteiger partial charge in [0.2, 0.25) is 5.43 Å². The van der Waals surface area contributed by atoms with Crippen LogP contribution in [0.3, 0.4) is 0 Å². The summed E-state index contributed by atoms with van der Waals surface area (Å²) in [5, 5.41) is 12.9. The third-order valence-corrected chi connectivity index (χ3v) is 6.67. The fourth-order valence-electron chi connectivity index (χ4n) is 5.06. The number of nitrogen functional groups attached to an aromatic ring is 1. The molecule has 180 valence electrons. The molecule has 2 unspecified atom stereocenters. The Morgan fingerprint density at radius 3 is 2.58 bits per heavy atom. The third kappa shape index (κ3) is 4.03. The van der Waals surface area contributed by atoms with E-state index in [1.165, 1.54) is 19.7 Å². The number of fused-ring (bicyclic) bond motifs is 2. The highest BCUT2D eigenvalue weighted by molar-refractivity contribution is 6.03. The second kappa shape index (κ2) is 9.21. The summed E-state index contributed by atoms with van der Waals surface area (Å²) >= 11 is 0. The van der Waals surface area contributed by atoms with Gasteiger partial charge in [-0.05, 0) is 38.1 Å². The van der Waals surface area contributed by atoms with Crippen molar-refractivity contribution in [2.24, 2.45) is 5.92 Å². The number of pyridine rings is 1. The van der Waals surface area contributed by atoms with Crippen molar-refractivity contribution in [3.05, 3.63) is 27.8 Å². The van der Waals surface area contributed by atoms with Gasteiger partial charge in [0.1, 0.15) is 11.3 Å². The Hall–Kier alpha value is -2.81. The Labute approximate surface area is 192 Å². The first-order chi connectivity index (χ1) is 15.8. The molecule has 2 saturated heterocycles. The Kier molecular flexibility index (Phi) is 6.52. The number of aromatic nitrogens is 1. The van der Waals surface area contributed by atoms with E-state index in [0.29, 0.717) is 24.5 Å². The van der Waals surface area contributed by atoms with Crippen molar-refractivity contribution in [2.45, 2.75) is 58.0 Å². The van der Waals surface area contributed by atoms with Crippen LogP contribution in [0.2, 0.25) is 0 Å². The van der Waals surface area contributed by atoms with Crippen LogP contribution in [-0.2, 0) is 0 Å². The summed E-state index contributed by atoms with van der Waals surface area (Å²) in [4.78, 5) is 26.5. The maximum absolute atomic E-state index is 15.6. The molecule has 1 aromatic heterocycles. The number of hydrogen-bond donors (Lipinski definition) is 3. The molecule has 9 heteroatoms. The number of aromatic carboxylic acids is 1. The van der Waals surface area contributed by atoms with Crippen LogP contribution in [-0.4, -0.2) is 48.4 Å². The van der Waals surface area contributed by atoms with Gasteiger partial charge in [-0.1, -0.05) is 20.3 Å². The second-order valence-corrected chi connectivity index (χ2v) is 9.22. The topological polar surface area (TPSA) is 110 Å². The number of carboxylic acids is 1. The number of carboxylic acid groups (broad SMARTS) is 1. The molecule has 1 saturated carbocycles. The summed E-state index contributed by atoms with van der Waals surface area (Å²) in [7, 11) is 1.45. The van der Waals surface area contributed by atoms with E-state index in [4.69, 9.17) is 10.5 Å². The molecule has 5 rings (SSSR count). The summed E-state index contributed by atoms with van der Waals surface area (Å²) in [5.41, 5.74) is 5.27. The highest BCUT2D eigenvalue weighted by atomic mass is 19.1. The van der Waals surface area contributed by atoms with Crippen molar-refractivity contribution in [2.75, 3.05) is 37.4 Å². The predicted octanol–water partition coefficient (Wildman–Crippen LogP) is 3.37. The quantitative estimate of drug-likeness (QED) is 0.600. The highest BCUT2D eigenvalue weighted by Crippen LogP contribution is 2.47. The van der Waals surface area contributed by atoms with Gasteiger partial charge in [-0.15, -0.1) is 0 Å². The van der Waals surface area contributed by atoms with E-state index < -0.39 is 22.8 Å². The normalized spacial score (nSPS) is 22.0. The lowest BCUT2D eigenvalue weighted by atomic mass is 9.94. The molecule has 2 aromatic rings. The molecule has 0 amide bonds. The molecule has 3 aliphatic rings. The Balaban J connectivity index is 0.000000821. The molecular weight excluding hydrogens is 427 g/mol. The highest BCUT2D eigenvalue weighted by Gasteiger charge is 2.39. The minimum Gasteiger partial charge on any atom is -0.492 e. The van der Waals surface area contributed by atoms with Crippen molar-refractivity contribution >= 4 is 28.2 Å². The van der Waals surface area contributed by atoms with Gasteiger partial charge in [-0.2, -0.15) is 0 Å². The number of methoxy groups -OCH3 is 1. The van der Waals surface area contributed by atoms with Crippen LogP contribution in [0, 0.1) is 11.7 Å². The molecule has 4 N–H and O–H groups in total. The molecule has 2 atom stereocenters. The number of piperidine rings is 1. The average Bonchev–Trinajstić information content (AvgIpc) is 3.54. The third-order valence-electron chi connectivity index (χ3n) is 6.67. The van der Waals surface area contributed by atoms with E-state index in [1.54, 1.807) is 4.57 Å². The first kappa shape index (κ1) is 23.4. The summed E-state index contributed by atoms with van der Waals surface area (Å²) in [6, 6.07) is 0.320. The summed E-state index contributed by atoms with van der Waals surface area (Å²) in [6.45, 7) is 6.51. The largest absolute Gasteiger partial charge is 0.492 e. The number of nitrogens with one attached hydrogen (secondary N) is 1. The monoisotopic (exact) mass is 460 g/mol. The molecule has 3 fully saturated rings. The maximum Gasteiger partial charge on any atom is 0.341 e. The van der Waals surface area contributed by atoms with Gasteiger partial charge < -0.3 is 30.4 Å². The lowest BCUT2D eigenvalue weighted by molar-refractivity contribution is 0.0695. The molecule has 0 bridgehead atoms. The van der Waals surface area contributed by atoms with Gasteiger partial charge >= 0.3 is 5.97 Å². The van der Waals surface area contributed by atoms with Crippen molar-refractivity contribution in [1.82, 2.24) is 9.88 Å². The Morgan fingerprint density at radius 1 is 1.30 bits per heavy atom. The molecule has 0 spiro atoms. The van der Waals surface area contributed by atoms with Crippen LogP contribution >= 0.6 is 0 Å². The summed E-state index contributed by atoms with van der Waals surface area (Å²) < 4.78 is 23.0. The zero-order valence-corrected chi connectivity index (χ0v) is 19.5. The number of nitrogens with two attached hydrogens (primary N) is 1. The maximum atomic E-state index is 15.6. The second-order valence-electron chi connectivity index (χ2n) is 9.22. The van der Waals surface area contributed by atoms with Crippen LogP contribution in [0.15, 0.2) is 11.0 Å². The molecule has 8 nitrogen and oxygen atoms in total. The molecule has 33 heavy (non-hydrogen) atoms. The standard InChI is InChI=1S/C21H25FN4O4.C3H8/c1-30-20-17-14(19(27)12(21(28)29)8-26(17)11-4-5-11)16(23)15(22)18(20)25-7-10-3-2-6-24-13(10)9-25;1-3-2/h8,10-11,13,24H,2-7,9,23H2,1H3,(H,28,29);3H2,1-2H3. The van der Waals surface area contributed by atoms with Gasteiger partial charge in [0.05, 0.1) is 23.7 Å². The van der Waals surface area contributed by atoms with E-state index >= 15 is 4.39 Å². The van der Waals surface area contributed by atoms with Crippen LogP contribution in [0.4, 0.5) is 15.8 Å². The molecular formula is C24H33FN4O4. The number of halogens is 1. The van der Waals surface area contributed by atoms with Crippen molar-refractivity contribution < 1.29 is 19.0 Å². The first-order valence-electron chi connectivity index (χ1n) is 11.8. The van der Waals surface area contributed by atoms with Crippen molar-refractivity contribution in [3.8, 4) is 5.75 Å². The number of nitrogens with zero attached hydrogens (tertiary/aromatic N) is 2. The van der Waals surface area contributed by atoms with Gasteiger partial charge in [-0.25, -0.2) is 9.18 Å². The molecule has 1 aliphatic carbocycles. The van der Waals surface area contributed by atoms with E-state index in [0.717, 1.165) is 32.2 Å². The lowest BCUT2D eigenvalue weighted by Gasteiger charge is -2.26. The van der Waals surface area contributed by atoms with E-state index in [2.05, 4.69) is 19.2 Å². The van der Waals surface area contributed by atoms with Gasteiger partial charge in [0.25, 0.3) is 0 Å².